The third-order valence-corrected chi connectivity index (χ3v) is 4.61. The molecule has 0 nitrogen and oxygen atoms in total. The number of hydrogen-bond acceptors (Lipinski definition) is 0. The molecule has 0 unspecified atom stereocenters. The summed E-state index contributed by atoms with van der Waals surface area (Å²) in [5.74, 6) is 4.02. The van der Waals surface area contributed by atoms with E-state index in [1.165, 1.54) is 14.7 Å². The highest BCUT2D eigenvalue weighted by molar-refractivity contribution is 14.1. The molecule has 0 saturated heterocycles. The Bertz CT molecular complexity index is 326. The van der Waals surface area contributed by atoms with Crippen molar-refractivity contribution >= 4 is 22.6 Å². The monoisotopic (exact) mass is 286 g/mol. The highest BCUT2D eigenvalue weighted by Gasteiger charge is 2.25. The molecule has 0 heterocycles. The standard InChI is InChI=1S/C12H15I/c1-6-11-9(4)7(2)8(3)10(5)12(11)13/h1,7-8H,2-5H3/t7-,8+/m0/s1. The van der Waals surface area contributed by atoms with Crippen molar-refractivity contribution in [1.29, 1.82) is 0 Å². The van der Waals surface area contributed by atoms with E-state index >= 15 is 0 Å². The average molecular weight is 286 g/mol. The molecule has 0 N–H and O–H groups in total. The van der Waals surface area contributed by atoms with Gasteiger partial charge in [0.25, 0.3) is 0 Å². The van der Waals surface area contributed by atoms with Crippen molar-refractivity contribution in [1.82, 2.24) is 0 Å². The molecule has 1 aliphatic rings. The molecule has 13 heavy (non-hydrogen) atoms. The van der Waals surface area contributed by atoms with Gasteiger partial charge in [0.05, 0.1) is 0 Å². The predicted molar refractivity (Wildman–Crippen MR) is 66.6 cm³/mol. The Morgan fingerprint density at radius 1 is 1.15 bits per heavy atom. The van der Waals surface area contributed by atoms with Crippen LogP contribution in [0.25, 0.3) is 0 Å². The average Bonchev–Trinajstić information content (AvgIpc) is 2.13. The van der Waals surface area contributed by atoms with E-state index in [1.54, 1.807) is 0 Å². The zero-order valence-electron chi connectivity index (χ0n) is 8.61. The maximum absolute atomic E-state index is 5.51. The van der Waals surface area contributed by atoms with Crippen LogP contribution in [0.5, 0.6) is 0 Å². The Hall–Kier alpha value is -0.230. The van der Waals surface area contributed by atoms with E-state index in [9.17, 15) is 0 Å². The topological polar surface area (TPSA) is 0 Å². The summed E-state index contributed by atoms with van der Waals surface area (Å²) in [6, 6.07) is 0. The molecule has 0 fully saturated rings. The van der Waals surface area contributed by atoms with Gasteiger partial charge in [0.1, 0.15) is 0 Å². The molecule has 70 valence electrons. The van der Waals surface area contributed by atoms with E-state index in [2.05, 4.69) is 56.2 Å². The number of allylic oxidation sites excluding steroid dienone is 4. The molecule has 0 saturated carbocycles. The van der Waals surface area contributed by atoms with Crippen molar-refractivity contribution < 1.29 is 0 Å². The highest BCUT2D eigenvalue weighted by atomic mass is 127. The molecular formula is C12H15I. The first-order valence-electron chi connectivity index (χ1n) is 4.54. The fourth-order valence-electron chi connectivity index (χ4n) is 1.73. The highest BCUT2D eigenvalue weighted by Crippen LogP contribution is 2.40. The fourth-order valence-corrected chi connectivity index (χ4v) is 2.80. The fraction of sp³-hybridized carbons (Fsp3) is 0.500. The van der Waals surface area contributed by atoms with Crippen LogP contribution in [0.4, 0.5) is 0 Å². The Morgan fingerprint density at radius 2 is 1.62 bits per heavy atom. The van der Waals surface area contributed by atoms with Crippen molar-refractivity contribution in [2.75, 3.05) is 0 Å². The van der Waals surface area contributed by atoms with Crippen LogP contribution in [-0.4, -0.2) is 0 Å². The lowest BCUT2D eigenvalue weighted by atomic mass is 9.78. The van der Waals surface area contributed by atoms with Crippen molar-refractivity contribution in [2.24, 2.45) is 11.8 Å². The summed E-state index contributed by atoms with van der Waals surface area (Å²) >= 11 is 2.36. The van der Waals surface area contributed by atoms with Crippen LogP contribution >= 0.6 is 22.6 Å². The van der Waals surface area contributed by atoms with Gasteiger partial charge >= 0.3 is 0 Å². The Labute approximate surface area is 94.6 Å². The first-order valence-corrected chi connectivity index (χ1v) is 5.62. The predicted octanol–water partition coefficient (Wildman–Crippen LogP) is 3.93. The minimum atomic E-state index is 0.588. The van der Waals surface area contributed by atoms with Gasteiger partial charge in [0.2, 0.25) is 0 Å². The van der Waals surface area contributed by atoms with Gasteiger partial charge in [-0.1, -0.05) is 30.9 Å². The van der Waals surface area contributed by atoms with E-state index in [1.807, 2.05) is 0 Å². The molecule has 0 spiro atoms. The zero-order chi connectivity index (χ0) is 10.2. The van der Waals surface area contributed by atoms with Gasteiger partial charge in [-0.05, 0) is 48.3 Å². The minimum Gasteiger partial charge on any atom is -0.115 e. The second-order valence-corrected chi connectivity index (χ2v) is 4.86. The van der Waals surface area contributed by atoms with Crippen LogP contribution < -0.4 is 0 Å². The van der Waals surface area contributed by atoms with Gasteiger partial charge in [-0.15, -0.1) is 6.42 Å². The molecule has 0 aromatic heterocycles. The normalized spacial score (nSPS) is 29.2. The number of rotatable bonds is 0. The third-order valence-electron chi connectivity index (χ3n) is 3.22. The van der Waals surface area contributed by atoms with E-state index < -0.39 is 0 Å². The third kappa shape index (κ3) is 1.69. The molecule has 0 radical (unpaired) electrons. The van der Waals surface area contributed by atoms with Crippen LogP contribution in [0, 0.1) is 24.2 Å². The van der Waals surface area contributed by atoms with Crippen LogP contribution in [0.15, 0.2) is 20.3 Å². The van der Waals surface area contributed by atoms with Crippen LogP contribution in [0.3, 0.4) is 0 Å². The molecule has 0 aromatic rings. The lowest BCUT2D eigenvalue weighted by molar-refractivity contribution is 0.493. The van der Waals surface area contributed by atoms with Gasteiger partial charge in [-0.25, -0.2) is 0 Å². The van der Waals surface area contributed by atoms with E-state index in [0.717, 1.165) is 5.57 Å². The summed E-state index contributed by atoms with van der Waals surface area (Å²) in [5, 5.41) is 0. The second-order valence-electron chi connectivity index (χ2n) is 3.78. The first-order chi connectivity index (χ1) is 6.00. The van der Waals surface area contributed by atoms with Crippen LogP contribution in [0.2, 0.25) is 0 Å². The number of hydrogen-bond donors (Lipinski definition) is 0. The van der Waals surface area contributed by atoms with Crippen molar-refractivity contribution in [3.05, 3.63) is 20.3 Å². The molecule has 1 rings (SSSR count). The van der Waals surface area contributed by atoms with Gasteiger partial charge in [-0.2, -0.15) is 0 Å². The first kappa shape index (κ1) is 10.8. The molecule has 0 amide bonds. The van der Waals surface area contributed by atoms with Crippen molar-refractivity contribution in [2.45, 2.75) is 27.7 Å². The Kier molecular flexibility index (Phi) is 3.23. The van der Waals surface area contributed by atoms with Gasteiger partial charge < -0.3 is 0 Å². The Balaban J connectivity index is 3.29. The van der Waals surface area contributed by atoms with Crippen molar-refractivity contribution in [3.63, 3.8) is 0 Å². The molecule has 0 aromatic carbocycles. The summed E-state index contributed by atoms with van der Waals surface area (Å²) in [7, 11) is 0. The van der Waals surface area contributed by atoms with E-state index in [4.69, 9.17) is 6.42 Å². The quantitative estimate of drug-likeness (QED) is 0.467. The SMILES string of the molecule is C#CC1=C(C)[C@@H](C)[C@@H](C)C(C)=C1I. The Morgan fingerprint density at radius 3 is 2.08 bits per heavy atom. The molecule has 1 aliphatic carbocycles. The lowest BCUT2D eigenvalue weighted by Gasteiger charge is -2.29. The summed E-state index contributed by atoms with van der Waals surface area (Å²) in [5.41, 5.74) is 3.92. The molecule has 1 heteroatoms. The largest absolute Gasteiger partial charge is 0.115 e. The summed E-state index contributed by atoms with van der Waals surface area (Å²) in [6.45, 7) is 8.87. The van der Waals surface area contributed by atoms with Crippen molar-refractivity contribution in [3.8, 4) is 12.3 Å². The van der Waals surface area contributed by atoms with Gasteiger partial charge in [0.15, 0.2) is 0 Å². The summed E-state index contributed by atoms with van der Waals surface area (Å²) in [4.78, 5) is 0. The number of halogens is 1. The summed E-state index contributed by atoms with van der Waals surface area (Å²) < 4.78 is 1.28. The zero-order valence-corrected chi connectivity index (χ0v) is 10.8. The molecule has 0 aliphatic heterocycles. The smallest absolute Gasteiger partial charge is 0.0367 e. The summed E-state index contributed by atoms with van der Waals surface area (Å²) in [6.07, 6.45) is 5.51. The minimum absolute atomic E-state index is 0.588. The lowest BCUT2D eigenvalue weighted by Crippen LogP contribution is -2.17. The van der Waals surface area contributed by atoms with Gasteiger partial charge in [-0.3, -0.25) is 0 Å². The maximum atomic E-state index is 5.51. The molecular weight excluding hydrogens is 271 g/mol. The second kappa shape index (κ2) is 3.88. The molecule has 2 atom stereocenters. The maximum Gasteiger partial charge on any atom is 0.0367 e. The number of terminal acetylenes is 1. The molecule has 0 bridgehead atoms. The van der Waals surface area contributed by atoms with E-state index in [0.29, 0.717) is 11.8 Å². The van der Waals surface area contributed by atoms with Crippen LogP contribution in [0.1, 0.15) is 27.7 Å². The van der Waals surface area contributed by atoms with Crippen LogP contribution in [-0.2, 0) is 0 Å². The van der Waals surface area contributed by atoms with Gasteiger partial charge in [0, 0.05) is 9.15 Å². The van der Waals surface area contributed by atoms with E-state index in [-0.39, 0.29) is 0 Å².